The van der Waals surface area contributed by atoms with Crippen LogP contribution in [0.2, 0.25) is 0 Å². The molecule has 27 heavy (non-hydrogen) atoms. The molecule has 2 aromatic rings. The summed E-state index contributed by atoms with van der Waals surface area (Å²) in [6.07, 6.45) is 0.630. The molecule has 0 radical (unpaired) electrons. The van der Waals surface area contributed by atoms with Crippen molar-refractivity contribution in [2.75, 3.05) is 26.1 Å². The molecule has 0 heterocycles. The van der Waals surface area contributed by atoms with Gasteiger partial charge in [-0.3, -0.25) is 9.59 Å². The summed E-state index contributed by atoms with van der Waals surface area (Å²) in [5, 5.41) is 4.85. The third-order valence-electron chi connectivity index (χ3n) is 3.74. The molecule has 0 fully saturated rings. The molecule has 0 unspecified atom stereocenters. The van der Waals surface area contributed by atoms with Crippen LogP contribution in [0, 0.1) is 11.6 Å². The molecule has 0 aliphatic heterocycles. The Labute approximate surface area is 155 Å². The van der Waals surface area contributed by atoms with Gasteiger partial charge in [-0.1, -0.05) is 6.07 Å². The molecular weight excluding hydrogens is 358 g/mol. The van der Waals surface area contributed by atoms with Crippen LogP contribution in [0.15, 0.2) is 36.4 Å². The lowest BCUT2D eigenvalue weighted by Crippen LogP contribution is -2.33. The number of hydrogen-bond acceptors (Lipinski definition) is 4. The fourth-order valence-electron chi connectivity index (χ4n) is 2.34. The second kappa shape index (κ2) is 9.51. The highest BCUT2D eigenvalue weighted by Gasteiger charge is 2.10. The van der Waals surface area contributed by atoms with Crippen molar-refractivity contribution in [2.24, 2.45) is 0 Å². The number of benzene rings is 2. The molecule has 6 nitrogen and oxygen atoms in total. The maximum absolute atomic E-state index is 13.1. The molecule has 8 heteroatoms. The lowest BCUT2D eigenvalue weighted by molar-refractivity contribution is -0.124. The van der Waals surface area contributed by atoms with Crippen LogP contribution in [0.25, 0.3) is 0 Å². The summed E-state index contributed by atoms with van der Waals surface area (Å²) in [4.78, 5) is 23.7. The molecule has 2 aromatic carbocycles. The van der Waals surface area contributed by atoms with Crippen LogP contribution in [0.1, 0.15) is 12.0 Å². The van der Waals surface area contributed by atoms with E-state index < -0.39 is 17.5 Å². The summed E-state index contributed by atoms with van der Waals surface area (Å²) in [6, 6.07) is 8.36. The summed E-state index contributed by atoms with van der Waals surface area (Å²) in [6.45, 7) is -0.274. The highest BCUT2D eigenvalue weighted by Crippen LogP contribution is 2.27. The van der Waals surface area contributed by atoms with Gasteiger partial charge >= 0.3 is 0 Å². The minimum Gasteiger partial charge on any atom is -0.493 e. The van der Waals surface area contributed by atoms with E-state index in [4.69, 9.17) is 9.47 Å². The summed E-state index contributed by atoms with van der Waals surface area (Å²) in [5.41, 5.74) is 0.993. The number of carbonyl (C=O) groups excluding carboxylic acids is 2. The number of methoxy groups -OCH3 is 2. The van der Waals surface area contributed by atoms with Crippen LogP contribution >= 0.6 is 0 Å². The lowest BCUT2D eigenvalue weighted by Gasteiger charge is -2.10. The minimum absolute atomic E-state index is 0.110. The monoisotopic (exact) mass is 378 g/mol. The van der Waals surface area contributed by atoms with Crippen molar-refractivity contribution in [3.05, 3.63) is 53.6 Å². The van der Waals surface area contributed by atoms with Crippen LogP contribution in [-0.2, 0) is 16.0 Å². The summed E-state index contributed by atoms with van der Waals surface area (Å²) in [7, 11) is 3.07. The van der Waals surface area contributed by atoms with Gasteiger partial charge in [0, 0.05) is 18.2 Å². The number of ether oxygens (including phenoxy) is 2. The SMILES string of the molecule is COc1ccc(CCC(=O)NCC(=O)Nc2ccc(F)c(F)c2)cc1OC. The maximum atomic E-state index is 13.1. The molecule has 0 saturated carbocycles. The Morgan fingerprint density at radius 1 is 0.926 bits per heavy atom. The molecule has 0 saturated heterocycles. The summed E-state index contributed by atoms with van der Waals surface area (Å²) >= 11 is 0. The smallest absolute Gasteiger partial charge is 0.243 e. The quantitative estimate of drug-likeness (QED) is 0.741. The van der Waals surface area contributed by atoms with Crippen molar-refractivity contribution < 1.29 is 27.8 Å². The van der Waals surface area contributed by atoms with Crippen LogP contribution in [0.5, 0.6) is 11.5 Å². The first kappa shape index (κ1) is 20.2. The van der Waals surface area contributed by atoms with Gasteiger partial charge in [0.1, 0.15) is 0 Å². The van der Waals surface area contributed by atoms with E-state index in [1.807, 2.05) is 6.07 Å². The topological polar surface area (TPSA) is 76.7 Å². The summed E-state index contributed by atoms with van der Waals surface area (Å²) in [5.74, 6) is -1.75. The highest BCUT2D eigenvalue weighted by atomic mass is 19.2. The first-order valence-electron chi connectivity index (χ1n) is 8.15. The molecule has 2 N–H and O–H groups in total. The molecule has 0 bridgehead atoms. The number of halogens is 2. The molecule has 0 aliphatic rings. The molecule has 0 atom stereocenters. The van der Waals surface area contributed by atoms with Crippen LogP contribution < -0.4 is 20.1 Å². The van der Waals surface area contributed by atoms with Crippen molar-refractivity contribution in [1.82, 2.24) is 5.32 Å². The van der Waals surface area contributed by atoms with E-state index >= 15 is 0 Å². The van der Waals surface area contributed by atoms with Gasteiger partial charge in [-0.2, -0.15) is 0 Å². The van der Waals surface area contributed by atoms with E-state index in [-0.39, 0.29) is 24.6 Å². The largest absolute Gasteiger partial charge is 0.493 e. The predicted molar refractivity (Wildman–Crippen MR) is 95.9 cm³/mol. The third kappa shape index (κ3) is 5.95. The number of hydrogen-bond donors (Lipinski definition) is 2. The van der Waals surface area contributed by atoms with Gasteiger partial charge in [0.15, 0.2) is 23.1 Å². The van der Waals surface area contributed by atoms with Crippen molar-refractivity contribution in [2.45, 2.75) is 12.8 Å². The second-order valence-electron chi connectivity index (χ2n) is 5.64. The molecular formula is C19H20F2N2O4. The van der Waals surface area contributed by atoms with Gasteiger partial charge in [0.05, 0.1) is 20.8 Å². The first-order chi connectivity index (χ1) is 12.9. The normalized spacial score (nSPS) is 10.2. The number of carbonyl (C=O) groups is 2. The Bertz CT molecular complexity index is 827. The molecule has 2 amide bonds. The molecule has 0 aliphatic carbocycles. The number of aryl methyl sites for hydroxylation is 1. The highest BCUT2D eigenvalue weighted by molar-refractivity contribution is 5.94. The molecule has 2 rings (SSSR count). The van der Waals surface area contributed by atoms with Crippen LogP contribution in [-0.4, -0.2) is 32.6 Å². The maximum Gasteiger partial charge on any atom is 0.243 e. The Morgan fingerprint density at radius 2 is 1.67 bits per heavy atom. The molecule has 144 valence electrons. The Kier molecular flexibility index (Phi) is 7.10. The second-order valence-corrected chi connectivity index (χ2v) is 5.64. The van der Waals surface area contributed by atoms with Crippen LogP contribution in [0.3, 0.4) is 0 Å². The van der Waals surface area contributed by atoms with Gasteiger partial charge < -0.3 is 20.1 Å². The number of rotatable bonds is 8. The Balaban J connectivity index is 1.78. The first-order valence-corrected chi connectivity index (χ1v) is 8.15. The molecule has 0 aromatic heterocycles. The number of amides is 2. The average molecular weight is 378 g/mol. The Morgan fingerprint density at radius 3 is 2.33 bits per heavy atom. The van der Waals surface area contributed by atoms with Gasteiger partial charge in [0.2, 0.25) is 11.8 Å². The van der Waals surface area contributed by atoms with E-state index in [2.05, 4.69) is 10.6 Å². The third-order valence-corrected chi connectivity index (χ3v) is 3.74. The van der Waals surface area contributed by atoms with E-state index in [1.165, 1.54) is 20.3 Å². The fraction of sp³-hybridized carbons (Fsp3) is 0.263. The van der Waals surface area contributed by atoms with Crippen molar-refractivity contribution in [3.8, 4) is 11.5 Å². The van der Waals surface area contributed by atoms with Crippen LogP contribution in [0.4, 0.5) is 14.5 Å². The zero-order valence-electron chi connectivity index (χ0n) is 15.0. The van der Waals surface area contributed by atoms with Gasteiger partial charge in [-0.05, 0) is 36.2 Å². The van der Waals surface area contributed by atoms with E-state index in [9.17, 15) is 18.4 Å². The lowest BCUT2D eigenvalue weighted by atomic mass is 10.1. The number of nitrogens with one attached hydrogen (secondary N) is 2. The number of anilines is 1. The zero-order chi connectivity index (χ0) is 19.8. The van der Waals surface area contributed by atoms with Crippen molar-refractivity contribution >= 4 is 17.5 Å². The molecule has 0 spiro atoms. The standard InChI is InChI=1S/C19H20F2N2O4/c1-26-16-7-3-12(9-17(16)27-2)4-8-18(24)22-11-19(25)23-13-5-6-14(20)15(21)10-13/h3,5-7,9-10H,4,8,11H2,1-2H3,(H,22,24)(H,23,25). The average Bonchev–Trinajstić information content (AvgIpc) is 2.67. The van der Waals surface area contributed by atoms with Gasteiger partial charge in [0.25, 0.3) is 0 Å². The summed E-state index contributed by atoms with van der Waals surface area (Å²) < 4.78 is 36.3. The fourth-order valence-corrected chi connectivity index (χ4v) is 2.34. The van der Waals surface area contributed by atoms with E-state index in [0.29, 0.717) is 17.9 Å². The predicted octanol–water partition coefficient (Wildman–Crippen LogP) is 2.67. The van der Waals surface area contributed by atoms with Crippen molar-refractivity contribution in [1.29, 1.82) is 0 Å². The van der Waals surface area contributed by atoms with Gasteiger partial charge in [-0.25, -0.2) is 8.78 Å². The van der Waals surface area contributed by atoms with E-state index in [0.717, 1.165) is 17.7 Å². The Hall–Kier alpha value is -3.16. The minimum atomic E-state index is -1.06. The van der Waals surface area contributed by atoms with E-state index in [1.54, 1.807) is 12.1 Å². The van der Waals surface area contributed by atoms with Gasteiger partial charge in [-0.15, -0.1) is 0 Å². The van der Waals surface area contributed by atoms with Crippen molar-refractivity contribution in [3.63, 3.8) is 0 Å². The zero-order valence-corrected chi connectivity index (χ0v) is 15.0.